The highest BCUT2D eigenvalue weighted by atomic mass is 32.1. The fourth-order valence-electron chi connectivity index (χ4n) is 4.36. The van der Waals surface area contributed by atoms with Gasteiger partial charge in [-0.05, 0) is 41.5 Å². The van der Waals surface area contributed by atoms with Gasteiger partial charge >= 0.3 is 0 Å². The number of nitrogens with zero attached hydrogens (tertiary/aromatic N) is 2. The molecule has 2 aromatic carbocycles. The number of hydrogen-bond acceptors (Lipinski definition) is 4. The van der Waals surface area contributed by atoms with Gasteiger partial charge in [-0.15, -0.1) is 11.3 Å². The third-order valence-electron chi connectivity index (χ3n) is 5.83. The third-order valence-corrected chi connectivity index (χ3v) is 6.83. The van der Waals surface area contributed by atoms with Gasteiger partial charge in [-0.2, -0.15) is 0 Å². The maximum Gasteiger partial charge on any atom is 0.230 e. The van der Waals surface area contributed by atoms with E-state index in [1.165, 1.54) is 34.4 Å². The van der Waals surface area contributed by atoms with Gasteiger partial charge in [-0.25, -0.2) is 4.98 Å². The second-order valence-electron chi connectivity index (χ2n) is 8.02. The maximum atomic E-state index is 12.5. The van der Waals surface area contributed by atoms with Crippen molar-refractivity contribution in [1.29, 1.82) is 0 Å². The summed E-state index contributed by atoms with van der Waals surface area (Å²) in [5, 5.41) is 3.77. The van der Waals surface area contributed by atoms with E-state index in [-0.39, 0.29) is 5.91 Å². The number of aromatic nitrogens is 1. The van der Waals surface area contributed by atoms with E-state index >= 15 is 0 Å². The molecule has 0 saturated carbocycles. The highest BCUT2D eigenvalue weighted by Crippen LogP contribution is 2.29. The monoisotopic (exact) mass is 403 g/mol. The largest absolute Gasteiger partial charge is 0.302 e. The van der Waals surface area contributed by atoms with E-state index in [2.05, 4.69) is 58.7 Å². The van der Waals surface area contributed by atoms with Crippen LogP contribution in [0.5, 0.6) is 0 Å². The summed E-state index contributed by atoms with van der Waals surface area (Å²) in [6, 6.07) is 17.1. The summed E-state index contributed by atoms with van der Waals surface area (Å²) in [6.45, 7) is 2.87. The number of benzene rings is 2. The summed E-state index contributed by atoms with van der Waals surface area (Å²) in [5.74, 6) is 0.0233. The van der Waals surface area contributed by atoms with Crippen molar-refractivity contribution in [3.8, 4) is 0 Å². The molecule has 5 heteroatoms. The Morgan fingerprint density at radius 2 is 1.90 bits per heavy atom. The van der Waals surface area contributed by atoms with E-state index in [0.29, 0.717) is 6.42 Å². The Morgan fingerprint density at radius 3 is 2.79 bits per heavy atom. The minimum absolute atomic E-state index is 0.0233. The highest BCUT2D eigenvalue weighted by Gasteiger charge is 2.21. The van der Waals surface area contributed by atoms with Crippen LogP contribution in [0.3, 0.4) is 0 Å². The van der Waals surface area contributed by atoms with E-state index in [1.807, 2.05) is 0 Å². The zero-order valence-electron chi connectivity index (χ0n) is 16.5. The SMILES string of the molecule is O=C(Cc1ccc2c(c1)CCC2)Nc1nc2c(s1)CN(Cc1ccccc1)CC2. The second kappa shape index (κ2) is 8.09. The molecule has 1 aliphatic heterocycles. The van der Waals surface area contributed by atoms with Crippen molar-refractivity contribution in [3.05, 3.63) is 81.4 Å². The number of hydrogen-bond donors (Lipinski definition) is 1. The number of anilines is 1. The van der Waals surface area contributed by atoms with Gasteiger partial charge in [0.2, 0.25) is 5.91 Å². The predicted molar refractivity (Wildman–Crippen MR) is 117 cm³/mol. The first kappa shape index (κ1) is 18.5. The molecule has 2 heterocycles. The van der Waals surface area contributed by atoms with E-state index < -0.39 is 0 Å². The van der Waals surface area contributed by atoms with Gasteiger partial charge in [0.25, 0.3) is 0 Å². The molecule has 1 aromatic heterocycles. The fourth-order valence-corrected chi connectivity index (χ4v) is 5.43. The van der Waals surface area contributed by atoms with Crippen molar-refractivity contribution in [1.82, 2.24) is 9.88 Å². The fraction of sp³-hybridized carbons (Fsp3) is 0.333. The quantitative estimate of drug-likeness (QED) is 0.688. The Balaban J connectivity index is 1.20. The van der Waals surface area contributed by atoms with Crippen LogP contribution < -0.4 is 5.32 Å². The van der Waals surface area contributed by atoms with Gasteiger partial charge in [0.1, 0.15) is 0 Å². The number of nitrogens with one attached hydrogen (secondary N) is 1. The molecule has 4 nitrogen and oxygen atoms in total. The third kappa shape index (κ3) is 4.26. The predicted octanol–water partition coefficient (Wildman–Crippen LogP) is 4.37. The molecular weight excluding hydrogens is 378 g/mol. The number of amides is 1. The molecule has 148 valence electrons. The zero-order valence-corrected chi connectivity index (χ0v) is 17.3. The Labute approximate surface area is 175 Å². The maximum absolute atomic E-state index is 12.5. The lowest BCUT2D eigenvalue weighted by molar-refractivity contribution is -0.115. The number of aryl methyl sites for hydroxylation is 2. The standard InChI is InChI=1S/C24H25N3OS/c28-23(14-18-9-10-19-7-4-8-20(19)13-18)26-24-25-21-11-12-27(16-22(21)29-24)15-17-5-2-1-3-6-17/h1-3,5-6,9-10,13H,4,7-8,11-12,14-16H2,(H,25,26,28). The molecule has 3 aromatic rings. The van der Waals surface area contributed by atoms with Gasteiger partial charge < -0.3 is 5.32 Å². The average Bonchev–Trinajstić information content (AvgIpc) is 3.34. The van der Waals surface area contributed by atoms with Gasteiger partial charge in [-0.1, -0.05) is 48.5 Å². The molecular formula is C24H25N3OS. The molecule has 29 heavy (non-hydrogen) atoms. The first-order valence-electron chi connectivity index (χ1n) is 10.4. The van der Waals surface area contributed by atoms with Crippen LogP contribution in [-0.4, -0.2) is 22.3 Å². The molecule has 1 amide bonds. The van der Waals surface area contributed by atoms with Crippen molar-refractivity contribution in [2.75, 3.05) is 11.9 Å². The zero-order chi connectivity index (χ0) is 19.6. The number of thiazole rings is 1. The Hall–Kier alpha value is -2.50. The highest BCUT2D eigenvalue weighted by molar-refractivity contribution is 7.15. The summed E-state index contributed by atoms with van der Waals surface area (Å²) < 4.78 is 0. The molecule has 0 spiro atoms. The second-order valence-corrected chi connectivity index (χ2v) is 9.10. The number of rotatable bonds is 5. The lowest BCUT2D eigenvalue weighted by Crippen LogP contribution is -2.29. The summed E-state index contributed by atoms with van der Waals surface area (Å²) in [4.78, 5) is 21.0. The summed E-state index contributed by atoms with van der Waals surface area (Å²) in [6.07, 6.45) is 4.91. The molecule has 0 atom stereocenters. The first-order chi connectivity index (χ1) is 14.2. The molecule has 1 aliphatic carbocycles. The average molecular weight is 404 g/mol. The van der Waals surface area contributed by atoms with Crippen LogP contribution in [0.15, 0.2) is 48.5 Å². The molecule has 0 radical (unpaired) electrons. The van der Waals surface area contributed by atoms with Crippen molar-refractivity contribution in [2.45, 2.75) is 45.2 Å². The smallest absolute Gasteiger partial charge is 0.230 e. The minimum atomic E-state index is 0.0233. The van der Waals surface area contributed by atoms with Gasteiger partial charge in [0, 0.05) is 30.9 Å². The minimum Gasteiger partial charge on any atom is -0.302 e. The number of fused-ring (bicyclic) bond motifs is 2. The Morgan fingerprint density at radius 1 is 1.03 bits per heavy atom. The van der Waals surface area contributed by atoms with Crippen molar-refractivity contribution < 1.29 is 4.79 Å². The number of carbonyl (C=O) groups excluding carboxylic acids is 1. The lowest BCUT2D eigenvalue weighted by atomic mass is 10.0. The van der Waals surface area contributed by atoms with Crippen LogP contribution in [0.2, 0.25) is 0 Å². The lowest BCUT2D eigenvalue weighted by Gasteiger charge is -2.25. The molecule has 0 bridgehead atoms. The van der Waals surface area contributed by atoms with E-state index in [4.69, 9.17) is 4.98 Å². The summed E-state index contributed by atoms with van der Waals surface area (Å²) in [7, 11) is 0. The van der Waals surface area contributed by atoms with E-state index in [9.17, 15) is 4.79 Å². The van der Waals surface area contributed by atoms with E-state index in [0.717, 1.165) is 48.9 Å². The van der Waals surface area contributed by atoms with Gasteiger partial charge in [-0.3, -0.25) is 9.69 Å². The summed E-state index contributed by atoms with van der Waals surface area (Å²) >= 11 is 1.62. The van der Waals surface area contributed by atoms with Crippen LogP contribution in [-0.2, 0) is 43.6 Å². The molecule has 0 saturated heterocycles. The molecule has 5 rings (SSSR count). The van der Waals surface area contributed by atoms with Gasteiger partial charge in [0.05, 0.1) is 12.1 Å². The Kier molecular flexibility index (Phi) is 5.17. The van der Waals surface area contributed by atoms with Crippen LogP contribution >= 0.6 is 11.3 Å². The number of carbonyl (C=O) groups is 1. The van der Waals surface area contributed by atoms with Crippen molar-refractivity contribution in [2.24, 2.45) is 0 Å². The van der Waals surface area contributed by atoms with Crippen LogP contribution in [0, 0.1) is 0 Å². The molecule has 2 aliphatic rings. The van der Waals surface area contributed by atoms with Gasteiger partial charge in [0.15, 0.2) is 5.13 Å². The normalized spacial score (nSPS) is 15.7. The van der Waals surface area contributed by atoms with Crippen molar-refractivity contribution in [3.63, 3.8) is 0 Å². The molecule has 0 unspecified atom stereocenters. The van der Waals surface area contributed by atoms with Crippen LogP contribution in [0.25, 0.3) is 0 Å². The van der Waals surface area contributed by atoms with Crippen LogP contribution in [0.1, 0.15) is 39.2 Å². The topological polar surface area (TPSA) is 45.2 Å². The molecule has 1 N–H and O–H groups in total. The van der Waals surface area contributed by atoms with E-state index in [1.54, 1.807) is 11.3 Å². The first-order valence-corrected chi connectivity index (χ1v) is 11.2. The van der Waals surface area contributed by atoms with Crippen LogP contribution in [0.4, 0.5) is 5.13 Å². The Bertz CT molecular complexity index is 1030. The molecule has 0 fully saturated rings. The van der Waals surface area contributed by atoms with Crippen molar-refractivity contribution >= 4 is 22.4 Å². The summed E-state index contributed by atoms with van der Waals surface area (Å²) in [5.41, 5.74) is 6.44.